The molecule has 5 nitrogen and oxygen atoms in total. The number of aromatic carboxylic acids is 1. The van der Waals surface area contributed by atoms with Gasteiger partial charge in [0.15, 0.2) is 17.2 Å². The molecule has 0 radical (unpaired) electrons. The molecule has 3 aromatic rings. The predicted molar refractivity (Wildman–Crippen MR) is 96.8 cm³/mol. The lowest BCUT2D eigenvalue weighted by atomic mass is 10.2. The summed E-state index contributed by atoms with van der Waals surface area (Å²) in [6.45, 7) is 0.297. The van der Waals surface area contributed by atoms with E-state index < -0.39 is 5.97 Å². The maximum absolute atomic E-state index is 11.1. The highest BCUT2D eigenvalue weighted by Gasteiger charge is 2.17. The van der Waals surface area contributed by atoms with Crippen LogP contribution in [0.25, 0.3) is 10.6 Å². The Kier molecular flexibility index (Phi) is 5.21. The minimum Gasteiger partial charge on any atom is -0.493 e. The largest absolute Gasteiger partial charge is 0.493 e. The van der Waals surface area contributed by atoms with Crippen molar-refractivity contribution in [2.24, 2.45) is 0 Å². The molecule has 1 heterocycles. The Hall–Kier alpha value is -2.57. The number of nitrogens with zero attached hydrogens (tertiary/aromatic N) is 1. The number of carboxylic acids is 1. The molecular weight excluding hydrogens is 362 g/mol. The van der Waals surface area contributed by atoms with E-state index in [9.17, 15) is 4.79 Å². The predicted octanol–water partition coefficient (Wildman–Crippen LogP) is 4.75. The first-order valence-electron chi connectivity index (χ1n) is 7.32. The Morgan fingerprint density at radius 3 is 2.76 bits per heavy atom. The minimum absolute atomic E-state index is 0.00334. The molecule has 0 saturated carbocycles. The molecule has 25 heavy (non-hydrogen) atoms. The van der Waals surface area contributed by atoms with E-state index in [1.165, 1.54) is 16.7 Å². The van der Waals surface area contributed by atoms with Gasteiger partial charge >= 0.3 is 5.97 Å². The number of benzene rings is 2. The number of rotatable bonds is 6. The average molecular weight is 376 g/mol. The van der Waals surface area contributed by atoms with Crippen LogP contribution in [-0.2, 0) is 6.61 Å². The zero-order valence-electron chi connectivity index (χ0n) is 13.2. The maximum atomic E-state index is 11.1. The Morgan fingerprint density at radius 2 is 2.08 bits per heavy atom. The highest BCUT2D eigenvalue weighted by atomic mass is 35.5. The van der Waals surface area contributed by atoms with Gasteiger partial charge in [0.2, 0.25) is 0 Å². The smallest absolute Gasteiger partial charge is 0.355 e. The number of para-hydroxylation sites is 1. The summed E-state index contributed by atoms with van der Waals surface area (Å²) >= 11 is 7.24. The number of hydrogen-bond donors (Lipinski definition) is 1. The van der Waals surface area contributed by atoms with Gasteiger partial charge in [0.05, 0.1) is 12.7 Å². The summed E-state index contributed by atoms with van der Waals surface area (Å²) in [5.41, 5.74) is 1.59. The van der Waals surface area contributed by atoms with Crippen LogP contribution in [0, 0.1) is 0 Å². The molecule has 3 rings (SSSR count). The fourth-order valence-electron chi connectivity index (χ4n) is 2.27. The molecule has 0 saturated heterocycles. The van der Waals surface area contributed by atoms with Crippen LogP contribution in [0.5, 0.6) is 11.5 Å². The normalized spacial score (nSPS) is 10.5. The lowest BCUT2D eigenvalue weighted by Gasteiger charge is -2.14. The fraction of sp³-hybridized carbons (Fsp3) is 0.111. The van der Waals surface area contributed by atoms with Crippen LogP contribution in [-0.4, -0.2) is 23.2 Å². The molecule has 0 aliphatic carbocycles. The van der Waals surface area contributed by atoms with E-state index >= 15 is 0 Å². The Bertz CT molecular complexity index is 910. The van der Waals surface area contributed by atoms with E-state index in [0.29, 0.717) is 33.7 Å². The summed E-state index contributed by atoms with van der Waals surface area (Å²) in [6.07, 6.45) is 0. The molecule has 1 N–H and O–H groups in total. The summed E-state index contributed by atoms with van der Waals surface area (Å²) in [5.74, 6) is -0.00495. The maximum Gasteiger partial charge on any atom is 0.355 e. The molecule has 0 amide bonds. The molecule has 0 bridgehead atoms. The van der Waals surface area contributed by atoms with E-state index in [1.807, 2.05) is 30.3 Å². The zero-order valence-corrected chi connectivity index (χ0v) is 14.8. The number of carbonyl (C=O) groups is 1. The van der Waals surface area contributed by atoms with Gasteiger partial charge in [-0.3, -0.25) is 0 Å². The Labute approximate surface area is 153 Å². The van der Waals surface area contributed by atoms with E-state index in [4.69, 9.17) is 26.2 Å². The van der Waals surface area contributed by atoms with Gasteiger partial charge < -0.3 is 14.6 Å². The van der Waals surface area contributed by atoms with Gasteiger partial charge in [0.1, 0.15) is 11.6 Å². The van der Waals surface area contributed by atoms with Crippen molar-refractivity contribution in [1.29, 1.82) is 0 Å². The van der Waals surface area contributed by atoms with Gasteiger partial charge in [-0.05, 0) is 29.8 Å². The fourth-order valence-corrected chi connectivity index (χ4v) is 3.30. The topological polar surface area (TPSA) is 68.7 Å². The molecule has 7 heteroatoms. The quantitative estimate of drug-likeness (QED) is 0.673. The molecule has 0 atom stereocenters. The van der Waals surface area contributed by atoms with E-state index in [2.05, 4.69) is 4.98 Å². The van der Waals surface area contributed by atoms with Gasteiger partial charge in [0.25, 0.3) is 0 Å². The Balaban J connectivity index is 1.94. The van der Waals surface area contributed by atoms with Crippen molar-refractivity contribution in [1.82, 2.24) is 4.98 Å². The second-order valence-electron chi connectivity index (χ2n) is 5.10. The second kappa shape index (κ2) is 7.55. The van der Waals surface area contributed by atoms with Crippen molar-refractivity contribution < 1.29 is 19.4 Å². The third-order valence-electron chi connectivity index (χ3n) is 3.42. The van der Waals surface area contributed by atoms with Crippen molar-refractivity contribution >= 4 is 28.9 Å². The van der Waals surface area contributed by atoms with Crippen LogP contribution >= 0.6 is 22.9 Å². The van der Waals surface area contributed by atoms with Gasteiger partial charge in [-0.15, -0.1) is 11.3 Å². The number of carboxylic acid groups (broad SMARTS) is 1. The number of ether oxygens (including phenoxy) is 2. The van der Waals surface area contributed by atoms with Gasteiger partial charge in [0, 0.05) is 10.4 Å². The van der Waals surface area contributed by atoms with Gasteiger partial charge in [-0.25, -0.2) is 9.78 Å². The summed E-state index contributed by atoms with van der Waals surface area (Å²) < 4.78 is 11.3. The highest BCUT2D eigenvalue weighted by Crippen LogP contribution is 2.39. The summed E-state index contributed by atoms with van der Waals surface area (Å²) in [5, 5.41) is 11.8. The van der Waals surface area contributed by atoms with Crippen molar-refractivity contribution in [3.8, 4) is 22.1 Å². The summed E-state index contributed by atoms with van der Waals surface area (Å²) in [4.78, 5) is 15.2. The molecule has 0 spiro atoms. The van der Waals surface area contributed by atoms with Crippen molar-refractivity contribution in [2.75, 3.05) is 7.11 Å². The van der Waals surface area contributed by atoms with Gasteiger partial charge in [-0.2, -0.15) is 0 Å². The first-order valence-corrected chi connectivity index (χ1v) is 8.57. The van der Waals surface area contributed by atoms with Crippen molar-refractivity contribution in [3.05, 3.63) is 64.1 Å². The molecule has 0 unspecified atom stereocenters. The number of thiazole rings is 1. The molecule has 2 aromatic carbocycles. The molecule has 0 aliphatic rings. The highest BCUT2D eigenvalue weighted by molar-refractivity contribution is 7.13. The van der Waals surface area contributed by atoms with E-state index in [0.717, 1.165) is 5.56 Å². The third kappa shape index (κ3) is 3.92. The van der Waals surface area contributed by atoms with Crippen LogP contribution in [0.2, 0.25) is 5.02 Å². The number of hydrogen-bond acceptors (Lipinski definition) is 5. The average Bonchev–Trinajstić information content (AvgIpc) is 3.10. The minimum atomic E-state index is -1.06. The number of methoxy groups -OCH3 is 1. The second-order valence-corrected chi connectivity index (χ2v) is 6.39. The van der Waals surface area contributed by atoms with E-state index in [-0.39, 0.29) is 5.69 Å². The van der Waals surface area contributed by atoms with Crippen LogP contribution in [0.3, 0.4) is 0 Å². The van der Waals surface area contributed by atoms with E-state index in [1.54, 1.807) is 19.2 Å². The molecule has 128 valence electrons. The lowest BCUT2D eigenvalue weighted by Crippen LogP contribution is -2.00. The third-order valence-corrected chi connectivity index (χ3v) is 4.54. The first-order chi connectivity index (χ1) is 12.1. The molecule has 0 fully saturated rings. The Morgan fingerprint density at radius 1 is 1.28 bits per heavy atom. The number of aromatic nitrogens is 1. The lowest BCUT2D eigenvalue weighted by molar-refractivity contribution is 0.0691. The van der Waals surface area contributed by atoms with Gasteiger partial charge in [-0.1, -0.05) is 29.8 Å². The summed E-state index contributed by atoms with van der Waals surface area (Å²) in [7, 11) is 1.55. The monoisotopic (exact) mass is 375 g/mol. The molecule has 1 aromatic heterocycles. The number of halogens is 1. The first kappa shape index (κ1) is 17.3. The van der Waals surface area contributed by atoms with Crippen LogP contribution in [0.4, 0.5) is 0 Å². The SMILES string of the molecule is COc1cccc(-c2nc(C(=O)O)cs2)c1OCc1cccc(Cl)c1. The van der Waals surface area contributed by atoms with Crippen LogP contribution in [0.1, 0.15) is 16.1 Å². The zero-order chi connectivity index (χ0) is 17.8. The van der Waals surface area contributed by atoms with Crippen molar-refractivity contribution in [2.45, 2.75) is 6.61 Å². The van der Waals surface area contributed by atoms with Crippen LogP contribution in [0.15, 0.2) is 47.8 Å². The standard InChI is InChI=1S/C18H14ClNO4S/c1-23-15-7-3-6-13(17-20-14(10-25-17)18(21)22)16(15)24-9-11-4-2-5-12(19)8-11/h2-8,10H,9H2,1H3,(H,21,22). The summed E-state index contributed by atoms with van der Waals surface area (Å²) in [6, 6.07) is 12.8. The van der Waals surface area contributed by atoms with Crippen molar-refractivity contribution in [3.63, 3.8) is 0 Å². The van der Waals surface area contributed by atoms with Crippen LogP contribution < -0.4 is 9.47 Å². The molecule has 0 aliphatic heterocycles. The molecular formula is C18H14ClNO4S.